The number of hydrogen-bond acceptors (Lipinski definition) is 3. The van der Waals surface area contributed by atoms with Crippen molar-refractivity contribution in [3.05, 3.63) is 34.2 Å². The summed E-state index contributed by atoms with van der Waals surface area (Å²) < 4.78 is 23.4. The largest absolute Gasteiger partial charge is 0.463 e. The Morgan fingerprint density at radius 3 is 3.00 bits per heavy atom. The van der Waals surface area contributed by atoms with Gasteiger partial charge in [-0.15, -0.1) is 0 Å². The summed E-state index contributed by atoms with van der Waals surface area (Å²) in [5, 5.41) is 0.534. The van der Waals surface area contributed by atoms with Crippen molar-refractivity contribution < 1.29 is 18.3 Å². The van der Waals surface area contributed by atoms with Crippen molar-refractivity contribution in [2.75, 3.05) is 6.61 Å². The second-order valence-corrected chi connectivity index (χ2v) is 3.99. The molecular formula is C11H8BrFO3. The number of furan rings is 1. The van der Waals surface area contributed by atoms with Crippen LogP contribution in [-0.4, -0.2) is 12.6 Å². The Morgan fingerprint density at radius 1 is 1.56 bits per heavy atom. The molecule has 0 saturated carbocycles. The fraction of sp³-hybridized carbons (Fsp3) is 0.182. The summed E-state index contributed by atoms with van der Waals surface area (Å²) in [5.41, 5.74) is 0.626. The molecule has 0 saturated heterocycles. The quantitative estimate of drug-likeness (QED) is 0.793. The van der Waals surface area contributed by atoms with E-state index in [1.807, 2.05) is 0 Å². The average Bonchev–Trinajstić information content (AvgIpc) is 2.62. The molecule has 3 nitrogen and oxygen atoms in total. The highest BCUT2D eigenvalue weighted by Gasteiger charge is 2.16. The maximum absolute atomic E-state index is 13.2. The zero-order valence-electron chi connectivity index (χ0n) is 8.42. The molecule has 5 heteroatoms. The van der Waals surface area contributed by atoms with Crippen LogP contribution in [0.25, 0.3) is 11.0 Å². The number of halogens is 2. The van der Waals surface area contributed by atoms with E-state index >= 15 is 0 Å². The van der Waals surface area contributed by atoms with E-state index in [0.717, 1.165) is 0 Å². The minimum Gasteiger partial charge on any atom is -0.463 e. The molecule has 2 aromatic rings. The van der Waals surface area contributed by atoms with E-state index in [4.69, 9.17) is 9.15 Å². The summed E-state index contributed by atoms with van der Waals surface area (Å²) in [6, 6.07) is 2.72. The zero-order chi connectivity index (χ0) is 11.7. The third-order valence-corrected chi connectivity index (χ3v) is 2.72. The molecule has 0 N–H and O–H groups in total. The van der Waals surface area contributed by atoms with Crippen LogP contribution in [-0.2, 0) is 4.74 Å². The zero-order valence-corrected chi connectivity index (χ0v) is 10.0. The molecule has 0 aliphatic carbocycles. The Morgan fingerprint density at radius 2 is 2.31 bits per heavy atom. The summed E-state index contributed by atoms with van der Waals surface area (Å²) in [6.07, 6.45) is 1.27. The molecule has 16 heavy (non-hydrogen) atoms. The van der Waals surface area contributed by atoms with Gasteiger partial charge >= 0.3 is 5.97 Å². The Kier molecular flexibility index (Phi) is 2.96. The van der Waals surface area contributed by atoms with Crippen LogP contribution in [0.3, 0.4) is 0 Å². The first-order valence-electron chi connectivity index (χ1n) is 4.67. The fourth-order valence-corrected chi connectivity index (χ4v) is 1.73. The molecule has 0 aliphatic heterocycles. The van der Waals surface area contributed by atoms with Crippen LogP contribution < -0.4 is 0 Å². The Bertz CT molecular complexity index is 547. The number of hydrogen-bond donors (Lipinski definition) is 0. The van der Waals surface area contributed by atoms with Crippen molar-refractivity contribution in [1.82, 2.24) is 0 Å². The Hall–Kier alpha value is -1.36. The van der Waals surface area contributed by atoms with Gasteiger partial charge in [-0.1, -0.05) is 0 Å². The van der Waals surface area contributed by atoms with E-state index in [9.17, 15) is 9.18 Å². The van der Waals surface area contributed by atoms with E-state index < -0.39 is 11.8 Å². The molecule has 0 fully saturated rings. The van der Waals surface area contributed by atoms with Crippen LogP contribution >= 0.6 is 15.9 Å². The van der Waals surface area contributed by atoms with Gasteiger partial charge in [0.2, 0.25) is 0 Å². The summed E-state index contributed by atoms with van der Waals surface area (Å²) >= 11 is 3.05. The molecule has 1 heterocycles. The molecular weight excluding hydrogens is 279 g/mol. The van der Waals surface area contributed by atoms with E-state index in [2.05, 4.69) is 15.9 Å². The third-order valence-electron chi connectivity index (χ3n) is 2.11. The average molecular weight is 287 g/mol. The molecule has 0 spiro atoms. The van der Waals surface area contributed by atoms with E-state index in [-0.39, 0.29) is 11.1 Å². The van der Waals surface area contributed by atoms with Crippen LogP contribution in [0.2, 0.25) is 0 Å². The van der Waals surface area contributed by atoms with Crippen LogP contribution in [0.4, 0.5) is 4.39 Å². The number of fused-ring (bicyclic) bond motifs is 1. The number of rotatable bonds is 2. The Labute approximate surface area is 99.3 Å². The van der Waals surface area contributed by atoms with Gasteiger partial charge in [0.15, 0.2) is 0 Å². The van der Waals surface area contributed by atoms with Gasteiger partial charge in [-0.05, 0) is 28.9 Å². The smallest absolute Gasteiger partial charge is 0.342 e. The van der Waals surface area contributed by atoms with Crippen LogP contribution in [0, 0.1) is 5.82 Å². The van der Waals surface area contributed by atoms with Crippen molar-refractivity contribution in [1.29, 1.82) is 0 Å². The van der Waals surface area contributed by atoms with E-state index in [0.29, 0.717) is 16.5 Å². The van der Waals surface area contributed by atoms with E-state index in [1.165, 1.54) is 18.4 Å². The van der Waals surface area contributed by atoms with Gasteiger partial charge in [0.05, 0.1) is 11.1 Å². The van der Waals surface area contributed by atoms with Gasteiger partial charge in [-0.3, -0.25) is 0 Å². The molecule has 1 aromatic carbocycles. The number of carbonyl (C=O) groups is 1. The lowest BCUT2D eigenvalue weighted by Crippen LogP contribution is -2.03. The van der Waals surface area contributed by atoms with E-state index in [1.54, 1.807) is 6.92 Å². The second-order valence-electron chi connectivity index (χ2n) is 3.13. The minimum atomic E-state index is -0.472. The first-order chi connectivity index (χ1) is 7.63. The number of benzene rings is 1. The molecule has 0 unspecified atom stereocenters. The molecule has 0 radical (unpaired) electrons. The van der Waals surface area contributed by atoms with Gasteiger partial charge in [0, 0.05) is 11.5 Å². The van der Waals surface area contributed by atoms with Crippen LogP contribution in [0.5, 0.6) is 0 Å². The van der Waals surface area contributed by atoms with Crippen LogP contribution in [0.15, 0.2) is 27.3 Å². The predicted octanol–water partition coefficient (Wildman–Crippen LogP) is 3.51. The van der Waals surface area contributed by atoms with Gasteiger partial charge in [-0.25, -0.2) is 9.18 Å². The molecule has 0 atom stereocenters. The van der Waals surface area contributed by atoms with Crippen molar-refractivity contribution in [2.45, 2.75) is 6.92 Å². The van der Waals surface area contributed by atoms with Crippen molar-refractivity contribution >= 4 is 32.9 Å². The lowest BCUT2D eigenvalue weighted by Gasteiger charge is -1.99. The van der Waals surface area contributed by atoms with Gasteiger partial charge in [-0.2, -0.15) is 0 Å². The number of ether oxygens (including phenoxy) is 1. The fourth-order valence-electron chi connectivity index (χ4n) is 1.39. The van der Waals surface area contributed by atoms with Gasteiger partial charge in [0.25, 0.3) is 0 Å². The van der Waals surface area contributed by atoms with Crippen molar-refractivity contribution in [2.24, 2.45) is 0 Å². The maximum Gasteiger partial charge on any atom is 0.342 e. The first-order valence-corrected chi connectivity index (χ1v) is 5.46. The van der Waals surface area contributed by atoms with Crippen LogP contribution in [0.1, 0.15) is 17.3 Å². The summed E-state index contributed by atoms with van der Waals surface area (Å²) in [7, 11) is 0. The van der Waals surface area contributed by atoms with Crippen molar-refractivity contribution in [3.63, 3.8) is 0 Å². The molecule has 0 aliphatic rings. The topological polar surface area (TPSA) is 39.4 Å². The molecule has 0 amide bonds. The number of carbonyl (C=O) groups excluding carboxylic acids is 1. The summed E-state index contributed by atoms with van der Waals surface area (Å²) in [4.78, 5) is 11.5. The minimum absolute atomic E-state index is 0.284. The van der Waals surface area contributed by atoms with Crippen molar-refractivity contribution in [3.8, 4) is 0 Å². The summed E-state index contributed by atoms with van der Waals surface area (Å²) in [5.74, 6) is -0.906. The first kappa shape index (κ1) is 11.1. The lowest BCUT2D eigenvalue weighted by molar-refractivity contribution is 0.0527. The number of esters is 1. The molecule has 2 rings (SSSR count). The highest BCUT2D eigenvalue weighted by molar-refractivity contribution is 9.10. The second kappa shape index (κ2) is 4.25. The van der Waals surface area contributed by atoms with Gasteiger partial charge < -0.3 is 9.15 Å². The lowest BCUT2D eigenvalue weighted by atomic mass is 10.2. The molecule has 84 valence electrons. The standard InChI is InChI=1S/C11H8BrFO3/c1-2-15-11(14)7-5-16-10-4-9(13)8(12)3-6(7)10/h3-5H,2H2,1H3. The molecule has 1 aromatic heterocycles. The third kappa shape index (κ3) is 1.82. The van der Waals surface area contributed by atoms with Gasteiger partial charge in [0.1, 0.15) is 23.2 Å². The normalized spacial score (nSPS) is 10.7. The maximum atomic E-state index is 13.2. The predicted molar refractivity (Wildman–Crippen MR) is 59.8 cm³/mol. The monoisotopic (exact) mass is 286 g/mol. The highest BCUT2D eigenvalue weighted by Crippen LogP contribution is 2.27. The summed E-state index contributed by atoms with van der Waals surface area (Å²) in [6.45, 7) is 2.00. The Balaban J connectivity index is 2.56. The molecule has 0 bridgehead atoms. The highest BCUT2D eigenvalue weighted by atomic mass is 79.9. The SMILES string of the molecule is CCOC(=O)c1coc2cc(F)c(Br)cc12.